The molecule has 0 spiro atoms. The minimum absolute atomic E-state index is 0. The Morgan fingerprint density at radius 2 is 1.82 bits per heavy atom. The van der Waals surface area contributed by atoms with Gasteiger partial charge < -0.3 is 4.84 Å². The lowest BCUT2D eigenvalue weighted by Crippen LogP contribution is -2.09. The van der Waals surface area contributed by atoms with E-state index in [1.807, 2.05) is 6.07 Å². The maximum absolute atomic E-state index is 10.7. The van der Waals surface area contributed by atoms with Gasteiger partial charge in [-0.1, -0.05) is 18.2 Å². The van der Waals surface area contributed by atoms with Gasteiger partial charge in [0.2, 0.25) is 0 Å². The third-order valence-electron chi connectivity index (χ3n) is 1.12. The fourth-order valence-corrected chi connectivity index (χ4v) is 0.642. The summed E-state index contributed by atoms with van der Waals surface area (Å²) in [7, 11) is 0. The summed E-state index contributed by atoms with van der Waals surface area (Å²) in [5, 5.41) is 0. The van der Waals surface area contributed by atoms with Crippen LogP contribution in [-0.4, -0.2) is 5.97 Å². The van der Waals surface area contributed by atoms with Crippen LogP contribution in [0.3, 0.4) is 0 Å². The van der Waals surface area contributed by atoms with Gasteiger partial charge in [-0.25, -0.2) is 4.79 Å². The van der Waals surface area contributed by atoms with Crippen molar-refractivity contribution < 1.29 is 9.63 Å². The zero-order valence-corrected chi connectivity index (χ0v) is 7.40. The van der Waals surface area contributed by atoms with Gasteiger partial charge in [-0.15, -0.1) is 0 Å². The van der Waals surface area contributed by atoms with Crippen LogP contribution in [0.25, 0.3) is 0 Å². The summed E-state index contributed by atoms with van der Waals surface area (Å²) in [5.74, 6) is 4.14. The van der Waals surface area contributed by atoms with Gasteiger partial charge in [0.1, 0.15) is 0 Å². The minimum atomic E-state index is -0.513. The van der Waals surface area contributed by atoms with Gasteiger partial charge in [0, 0.05) is 0 Å². The smallest absolute Gasteiger partial charge is 0.356 e. The van der Waals surface area contributed by atoms with Crippen LogP contribution in [0.15, 0.2) is 30.3 Å². The Morgan fingerprint density at radius 3 is 2.27 bits per heavy atom. The zero-order valence-electron chi connectivity index (χ0n) is 5.99. The molecule has 1 atom stereocenters. The Kier molecular flexibility index (Phi) is 4.42. The molecule has 0 aliphatic carbocycles. The lowest BCUT2D eigenvalue weighted by molar-refractivity contribution is 0.0503. The highest BCUT2D eigenvalue weighted by Crippen LogP contribution is 1.98. The first-order valence-electron chi connectivity index (χ1n) is 2.80. The van der Waals surface area contributed by atoms with Crippen LogP contribution in [-0.2, 0) is 4.84 Å². The number of benzene rings is 1. The first-order chi connectivity index (χ1) is 4.84. The third-order valence-corrected chi connectivity index (χ3v) is 1.12. The maximum atomic E-state index is 10.7. The van der Waals surface area contributed by atoms with E-state index in [0.717, 1.165) is 0 Å². The molecule has 1 aromatic carbocycles. The van der Waals surface area contributed by atoms with E-state index in [0.29, 0.717) is 5.56 Å². The van der Waals surface area contributed by atoms with Crippen molar-refractivity contribution in [1.29, 1.82) is 0 Å². The van der Waals surface area contributed by atoms with E-state index >= 15 is 0 Å². The summed E-state index contributed by atoms with van der Waals surface area (Å²) in [4.78, 5) is 14.7. The van der Waals surface area contributed by atoms with E-state index in [-0.39, 0.29) is 9.90 Å². The average Bonchev–Trinajstić information content (AvgIpc) is 2.05. The van der Waals surface area contributed by atoms with E-state index in [4.69, 9.17) is 0 Å². The Balaban J connectivity index is 0.000001000. The van der Waals surface area contributed by atoms with Crippen LogP contribution in [0.2, 0.25) is 0 Å². The Labute approximate surface area is 68.1 Å². The van der Waals surface area contributed by atoms with Crippen molar-refractivity contribution in [2.75, 3.05) is 0 Å². The van der Waals surface area contributed by atoms with Crippen molar-refractivity contribution in [2.45, 2.75) is 0 Å². The molecule has 60 valence electrons. The summed E-state index contributed by atoms with van der Waals surface area (Å²) in [6.45, 7) is 0. The molecule has 0 saturated heterocycles. The second kappa shape index (κ2) is 4.83. The summed E-state index contributed by atoms with van der Waals surface area (Å²) < 4.78 is 0. The Bertz CT molecular complexity index is 225. The molecule has 0 amide bonds. The number of nitrogens with two attached hydrogens (primary N) is 1. The third kappa shape index (κ3) is 2.66. The lowest BCUT2D eigenvalue weighted by Gasteiger charge is -1.94. The second-order valence-electron chi connectivity index (χ2n) is 1.77. The van der Waals surface area contributed by atoms with Crippen LogP contribution in [0.5, 0.6) is 0 Å². The summed E-state index contributed by atoms with van der Waals surface area (Å²) in [6, 6.07) is 8.57. The van der Waals surface area contributed by atoms with E-state index in [1.165, 1.54) is 0 Å². The molecule has 0 radical (unpaired) electrons. The zero-order chi connectivity index (χ0) is 7.40. The number of hydrogen-bond donors (Lipinski definition) is 1. The summed E-state index contributed by atoms with van der Waals surface area (Å²) in [5.41, 5.74) is 0.463. The van der Waals surface area contributed by atoms with E-state index in [1.54, 1.807) is 24.3 Å². The average molecular weight is 171 g/mol. The van der Waals surface area contributed by atoms with Crippen molar-refractivity contribution in [1.82, 2.24) is 0 Å². The molecular formula is C7H10NO2P. The molecule has 4 heteroatoms. The van der Waals surface area contributed by atoms with Crippen LogP contribution >= 0.6 is 9.90 Å². The number of rotatable bonds is 1. The normalized spacial score (nSPS) is 8.09. The fraction of sp³-hybridized carbons (Fsp3) is 0. The molecule has 0 aliphatic rings. The van der Waals surface area contributed by atoms with Crippen LogP contribution in [0.1, 0.15) is 10.4 Å². The summed E-state index contributed by atoms with van der Waals surface area (Å²) in [6.07, 6.45) is 0. The quantitative estimate of drug-likeness (QED) is 0.501. The monoisotopic (exact) mass is 171 g/mol. The molecule has 1 aromatic rings. The molecule has 11 heavy (non-hydrogen) atoms. The standard InChI is InChI=1S/C7H7NO2.H3P/c8-10-7(9)6-4-2-1-3-5-6;/h1-5H,8H2;1H3. The maximum Gasteiger partial charge on any atom is 0.356 e. The fourth-order valence-electron chi connectivity index (χ4n) is 0.642. The van der Waals surface area contributed by atoms with E-state index in [2.05, 4.69) is 10.7 Å². The Morgan fingerprint density at radius 1 is 1.27 bits per heavy atom. The number of hydrogen-bond acceptors (Lipinski definition) is 3. The lowest BCUT2D eigenvalue weighted by atomic mass is 10.2. The number of carbonyl (C=O) groups excluding carboxylic acids is 1. The van der Waals surface area contributed by atoms with Crippen molar-refractivity contribution in [3.8, 4) is 0 Å². The molecule has 0 bridgehead atoms. The van der Waals surface area contributed by atoms with E-state index in [9.17, 15) is 4.79 Å². The van der Waals surface area contributed by atoms with Crippen LogP contribution in [0.4, 0.5) is 0 Å². The molecule has 0 fully saturated rings. The van der Waals surface area contributed by atoms with Gasteiger partial charge >= 0.3 is 5.97 Å². The topological polar surface area (TPSA) is 52.3 Å². The van der Waals surface area contributed by atoms with Crippen LogP contribution < -0.4 is 5.90 Å². The largest absolute Gasteiger partial charge is 0.370 e. The molecule has 2 N–H and O–H groups in total. The van der Waals surface area contributed by atoms with Gasteiger partial charge in [0.25, 0.3) is 0 Å². The number of carbonyl (C=O) groups is 1. The molecular weight excluding hydrogens is 161 g/mol. The minimum Gasteiger partial charge on any atom is -0.370 e. The first kappa shape index (κ1) is 10.1. The molecule has 0 heterocycles. The molecule has 0 aliphatic heterocycles. The van der Waals surface area contributed by atoms with Crippen molar-refractivity contribution in [3.63, 3.8) is 0 Å². The summed E-state index contributed by atoms with van der Waals surface area (Å²) >= 11 is 0. The van der Waals surface area contributed by atoms with Gasteiger partial charge in [-0.3, -0.25) is 0 Å². The molecule has 3 nitrogen and oxygen atoms in total. The van der Waals surface area contributed by atoms with E-state index < -0.39 is 5.97 Å². The van der Waals surface area contributed by atoms with Crippen molar-refractivity contribution in [2.24, 2.45) is 5.90 Å². The van der Waals surface area contributed by atoms with Crippen LogP contribution in [0, 0.1) is 0 Å². The van der Waals surface area contributed by atoms with Gasteiger partial charge in [0.15, 0.2) is 0 Å². The highest BCUT2D eigenvalue weighted by atomic mass is 31.0. The highest BCUT2D eigenvalue weighted by Gasteiger charge is 2.01. The SMILES string of the molecule is NOC(=O)c1ccccc1.P. The van der Waals surface area contributed by atoms with Crippen molar-refractivity contribution in [3.05, 3.63) is 35.9 Å². The van der Waals surface area contributed by atoms with Gasteiger partial charge in [-0.05, 0) is 12.1 Å². The van der Waals surface area contributed by atoms with Gasteiger partial charge in [0.05, 0.1) is 5.56 Å². The van der Waals surface area contributed by atoms with Crippen molar-refractivity contribution >= 4 is 15.9 Å². The first-order valence-corrected chi connectivity index (χ1v) is 2.80. The predicted molar refractivity (Wildman–Crippen MR) is 47.1 cm³/mol. The highest BCUT2D eigenvalue weighted by molar-refractivity contribution is 6.92. The second-order valence-corrected chi connectivity index (χ2v) is 1.77. The predicted octanol–water partition coefficient (Wildman–Crippen LogP) is 0.775. The molecule has 1 unspecified atom stereocenters. The molecule has 1 rings (SSSR count). The Hall–Kier alpha value is -0.920. The molecule has 0 saturated carbocycles. The molecule has 0 aromatic heterocycles. The van der Waals surface area contributed by atoms with Gasteiger partial charge in [-0.2, -0.15) is 15.8 Å².